The molecule has 0 saturated heterocycles. The van der Waals surface area contributed by atoms with Gasteiger partial charge in [-0.25, -0.2) is 13.1 Å². The topological polar surface area (TPSA) is 84.2 Å². The quantitative estimate of drug-likeness (QED) is 0.829. The molecule has 0 fully saturated rings. The van der Waals surface area contributed by atoms with Crippen LogP contribution in [0.1, 0.15) is 34.6 Å². The van der Waals surface area contributed by atoms with E-state index in [2.05, 4.69) is 40.3 Å². The van der Waals surface area contributed by atoms with E-state index in [4.69, 9.17) is 4.52 Å². The lowest BCUT2D eigenvalue weighted by molar-refractivity contribution is 0.351. The van der Waals surface area contributed by atoms with Crippen LogP contribution in [0.5, 0.6) is 0 Å². The maximum absolute atomic E-state index is 11.3. The lowest BCUT2D eigenvalue weighted by Crippen LogP contribution is -2.34. The zero-order valence-corrected chi connectivity index (χ0v) is 14.8. The molecule has 1 aliphatic carbocycles. The van der Waals surface area contributed by atoms with E-state index in [1.54, 1.807) is 0 Å². The minimum atomic E-state index is -3.24. The minimum absolute atomic E-state index is 0.183. The van der Waals surface area contributed by atoms with Crippen LogP contribution in [0.2, 0.25) is 0 Å². The van der Waals surface area contributed by atoms with Crippen molar-refractivity contribution in [2.24, 2.45) is 0 Å². The van der Waals surface area contributed by atoms with Crippen LogP contribution < -0.4 is 10.0 Å². The standard InChI is InChI=1S/C17H23N3O3S/c1-12-5-3-4-6-13(12)10-18-14-7-8-17-15(9-14)16(20-23-17)11-19-24(2,21)22/h3-6,14,18-19H,7-11H2,1-2H3. The molecule has 1 atom stereocenters. The second kappa shape index (κ2) is 7.04. The number of sulfonamides is 1. The molecule has 2 N–H and O–H groups in total. The average Bonchev–Trinajstić information content (AvgIpc) is 2.94. The molecule has 1 aliphatic rings. The van der Waals surface area contributed by atoms with Crippen molar-refractivity contribution in [1.29, 1.82) is 0 Å². The van der Waals surface area contributed by atoms with E-state index in [0.717, 1.165) is 43.4 Å². The maximum Gasteiger partial charge on any atom is 0.209 e. The maximum atomic E-state index is 11.3. The van der Waals surface area contributed by atoms with Gasteiger partial charge in [0.15, 0.2) is 0 Å². The van der Waals surface area contributed by atoms with E-state index in [1.807, 2.05) is 6.07 Å². The van der Waals surface area contributed by atoms with Gasteiger partial charge in [-0.1, -0.05) is 29.4 Å². The fraction of sp³-hybridized carbons (Fsp3) is 0.471. The van der Waals surface area contributed by atoms with Gasteiger partial charge in [-0.05, 0) is 30.9 Å². The van der Waals surface area contributed by atoms with Crippen molar-refractivity contribution < 1.29 is 12.9 Å². The Morgan fingerprint density at radius 1 is 1.29 bits per heavy atom. The summed E-state index contributed by atoms with van der Waals surface area (Å²) in [4.78, 5) is 0. The molecule has 1 heterocycles. The first-order valence-electron chi connectivity index (χ1n) is 8.11. The lowest BCUT2D eigenvalue weighted by Gasteiger charge is -2.23. The Hall–Kier alpha value is -1.70. The second-order valence-electron chi connectivity index (χ2n) is 6.37. The predicted molar refractivity (Wildman–Crippen MR) is 92.0 cm³/mol. The average molecular weight is 349 g/mol. The summed E-state index contributed by atoms with van der Waals surface area (Å²) in [6, 6.07) is 8.69. The fourth-order valence-electron chi connectivity index (χ4n) is 3.04. The number of hydrogen-bond acceptors (Lipinski definition) is 5. The van der Waals surface area contributed by atoms with Crippen molar-refractivity contribution in [3.05, 3.63) is 52.4 Å². The van der Waals surface area contributed by atoms with Gasteiger partial charge in [0.05, 0.1) is 12.8 Å². The predicted octanol–water partition coefficient (Wildman–Crippen LogP) is 1.68. The number of rotatable bonds is 6. The molecule has 0 amide bonds. The molecular weight excluding hydrogens is 326 g/mol. The molecule has 1 aromatic heterocycles. The number of fused-ring (bicyclic) bond motifs is 1. The third kappa shape index (κ3) is 4.23. The molecule has 2 aromatic rings. The molecule has 24 heavy (non-hydrogen) atoms. The summed E-state index contributed by atoms with van der Waals surface area (Å²) in [6.45, 7) is 3.13. The molecule has 1 unspecified atom stereocenters. The largest absolute Gasteiger partial charge is 0.361 e. The van der Waals surface area contributed by atoms with Gasteiger partial charge in [0, 0.05) is 24.6 Å². The molecule has 3 rings (SSSR count). The summed E-state index contributed by atoms with van der Waals surface area (Å²) in [7, 11) is -3.24. The van der Waals surface area contributed by atoms with E-state index in [0.29, 0.717) is 11.7 Å². The Morgan fingerprint density at radius 3 is 2.83 bits per heavy atom. The van der Waals surface area contributed by atoms with Crippen LogP contribution in [0.15, 0.2) is 28.8 Å². The molecule has 6 nitrogen and oxygen atoms in total. The third-order valence-corrected chi connectivity index (χ3v) is 5.13. The molecular formula is C17H23N3O3S. The highest BCUT2D eigenvalue weighted by molar-refractivity contribution is 7.88. The molecule has 0 radical (unpaired) electrons. The number of nitrogens with one attached hydrogen (secondary N) is 2. The summed E-state index contributed by atoms with van der Waals surface area (Å²) < 4.78 is 30.4. The van der Waals surface area contributed by atoms with Crippen molar-refractivity contribution in [2.75, 3.05) is 6.26 Å². The first-order chi connectivity index (χ1) is 11.4. The van der Waals surface area contributed by atoms with Gasteiger partial charge < -0.3 is 9.84 Å². The Balaban J connectivity index is 1.63. The lowest BCUT2D eigenvalue weighted by atomic mass is 9.92. The molecule has 130 valence electrons. The summed E-state index contributed by atoms with van der Waals surface area (Å²) in [5.74, 6) is 0.884. The number of hydrogen-bond donors (Lipinski definition) is 2. The van der Waals surface area contributed by atoms with Gasteiger partial charge in [-0.2, -0.15) is 0 Å². The van der Waals surface area contributed by atoms with Crippen LogP contribution in [-0.2, 0) is 36.0 Å². The van der Waals surface area contributed by atoms with Crippen molar-refractivity contribution in [3.63, 3.8) is 0 Å². The van der Waals surface area contributed by atoms with E-state index < -0.39 is 10.0 Å². The van der Waals surface area contributed by atoms with Crippen molar-refractivity contribution >= 4 is 10.0 Å². The second-order valence-corrected chi connectivity index (χ2v) is 8.20. The Bertz CT molecular complexity index is 814. The van der Waals surface area contributed by atoms with Crippen LogP contribution in [-0.4, -0.2) is 25.9 Å². The Morgan fingerprint density at radius 2 is 2.08 bits per heavy atom. The molecule has 1 aromatic carbocycles. The number of aryl methyl sites for hydroxylation is 2. The summed E-state index contributed by atoms with van der Waals surface area (Å²) in [5, 5.41) is 7.64. The third-order valence-electron chi connectivity index (χ3n) is 4.47. The normalized spacial score (nSPS) is 17.7. The summed E-state index contributed by atoms with van der Waals surface area (Å²) in [6.07, 6.45) is 3.78. The highest BCUT2D eigenvalue weighted by Gasteiger charge is 2.25. The first kappa shape index (κ1) is 17.1. The minimum Gasteiger partial charge on any atom is -0.361 e. The number of nitrogens with zero attached hydrogens (tertiary/aromatic N) is 1. The van der Waals surface area contributed by atoms with Crippen molar-refractivity contribution in [2.45, 2.75) is 45.3 Å². The van der Waals surface area contributed by atoms with Gasteiger partial charge in [0.1, 0.15) is 11.5 Å². The first-order valence-corrected chi connectivity index (χ1v) is 10.0. The van der Waals surface area contributed by atoms with Crippen molar-refractivity contribution in [1.82, 2.24) is 15.2 Å². The van der Waals surface area contributed by atoms with Crippen molar-refractivity contribution in [3.8, 4) is 0 Å². The molecule has 0 aliphatic heterocycles. The molecule has 0 saturated carbocycles. The van der Waals surface area contributed by atoms with E-state index in [-0.39, 0.29) is 6.54 Å². The van der Waals surface area contributed by atoms with Gasteiger partial charge in [0.2, 0.25) is 10.0 Å². The smallest absolute Gasteiger partial charge is 0.209 e. The van der Waals surface area contributed by atoms with Gasteiger partial charge in [-0.3, -0.25) is 0 Å². The van der Waals surface area contributed by atoms with Gasteiger partial charge >= 0.3 is 0 Å². The number of benzene rings is 1. The van der Waals surface area contributed by atoms with Gasteiger partial charge in [-0.15, -0.1) is 0 Å². The SMILES string of the molecule is Cc1ccccc1CNC1CCc2onc(CNS(C)(=O)=O)c2C1. The number of aromatic nitrogens is 1. The fourth-order valence-corrected chi connectivity index (χ4v) is 3.44. The Labute approximate surface area is 142 Å². The van der Waals surface area contributed by atoms with Crippen LogP contribution in [0.25, 0.3) is 0 Å². The van der Waals surface area contributed by atoms with E-state index >= 15 is 0 Å². The zero-order chi connectivity index (χ0) is 17.2. The zero-order valence-electron chi connectivity index (χ0n) is 14.0. The molecule has 7 heteroatoms. The van der Waals surface area contributed by atoms with E-state index in [9.17, 15) is 8.42 Å². The van der Waals surface area contributed by atoms with Crippen LogP contribution >= 0.6 is 0 Å². The van der Waals surface area contributed by atoms with Crippen LogP contribution in [0, 0.1) is 6.92 Å². The highest BCUT2D eigenvalue weighted by Crippen LogP contribution is 2.25. The summed E-state index contributed by atoms with van der Waals surface area (Å²) in [5.41, 5.74) is 4.31. The van der Waals surface area contributed by atoms with Crippen LogP contribution in [0.4, 0.5) is 0 Å². The summed E-state index contributed by atoms with van der Waals surface area (Å²) >= 11 is 0. The van der Waals surface area contributed by atoms with Crippen LogP contribution in [0.3, 0.4) is 0 Å². The molecule has 0 spiro atoms. The Kier molecular flexibility index (Phi) is 5.03. The highest BCUT2D eigenvalue weighted by atomic mass is 32.2. The van der Waals surface area contributed by atoms with Gasteiger partial charge in [0.25, 0.3) is 0 Å². The molecule has 0 bridgehead atoms. The van der Waals surface area contributed by atoms with E-state index in [1.165, 1.54) is 11.1 Å². The monoisotopic (exact) mass is 349 g/mol.